The SMILES string of the molecule is CC(C)(C)NC(=O)[C@@H]1[C@H]2CCC[C@H]2CN1C(=O)c1ccccc1. The fraction of sp³-hybridized carbons (Fsp3) is 0.579. The van der Waals surface area contributed by atoms with Crippen molar-refractivity contribution in [3.05, 3.63) is 35.9 Å². The first-order valence-electron chi connectivity index (χ1n) is 8.55. The maximum Gasteiger partial charge on any atom is 0.254 e. The summed E-state index contributed by atoms with van der Waals surface area (Å²) in [5.41, 5.74) is 0.385. The Morgan fingerprint density at radius 3 is 2.48 bits per heavy atom. The highest BCUT2D eigenvalue weighted by Crippen LogP contribution is 2.42. The van der Waals surface area contributed by atoms with Crippen molar-refractivity contribution in [2.45, 2.75) is 51.6 Å². The summed E-state index contributed by atoms with van der Waals surface area (Å²) < 4.78 is 0. The minimum atomic E-state index is -0.325. The maximum absolute atomic E-state index is 12.9. The van der Waals surface area contributed by atoms with E-state index in [0.29, 0.717) is 23.9 Å². The molecule has 23 heavy (non-hydrogen) atoms. The van der Waals surface area contributed by atoms with Crippen LogP contribution in [0.3, 0.4) is 0 Å². The highest BCUT2D eigenvalue weighted by molar-refractivity contribution is 5.98. The zero-order valence-corrected chi connectivity index (χ0v) is 14.2. The summed E-state index contributed by atoms with van der Waals surface area (Å²) in [5, 5.41) is 3.08. The lowest BCUT2D eigenvalue weighted by molar-refractivity contribution is -0.127. The van der Waals surface area contributed by atoms with Crippen LogP contribution in [0.5, 0.6) is 0 Å². The van der Waals surface area contributed by atoms with Crippen LogP contribution in [0.2, 0.25) is 0 Å². The van der Waals surface area contributed by atoms with E-state index in [1.165, 1.54) is 6.42 Å². The number of likely N-dealkylation sites (tertiary alicyclic amines) is 1. The van der Waals surface area contributed by atoms with E-state index in [4.69, 9.17) is 0 Å². The standard InChI is InChI=1S/C19H26N2O2/c1-19(2,3)20-17(22)16-15-11-7-10-14(15)12-21(16)18(23)13-8-5-4-6-9-13/h4-6,8-9,14-16H,7,10-12H2,1-3H3,(H,20,22)/t14-,15-,16-/m0/s1. The predicted octanol–water partition coefficient (Wildman–Crippen LogP) is 2.84. The fourth-order valence-electron chi connectivity index (χ4n) is 4.04. The van der Waals surface area contributed by atoms with Gasteiger partial charge in [0.25, 0.3) is 5.91 Å². The van der Waals surface area contributed by atoms with Gasteiger partial charge in [-0.15, -0.1) is 0 Å². The topological polar surface area (TPSA) is 49.4 Å². The van der Waals surface area contributed by atoms with Gasteiger partial charge in [-0.25, -0.2) is 0 Å². The lowest BCUT2D eigenvalue weighted by Gasteiger charge is -2.30. The molecule has 1 saturated heterocycles. The van der Waals surface area contributed by atoms with Crippen LogP contribution >= 0.6 is 0 Å². The number of hydrogen-bond acceptors (Lipinski definition) is 2. The fourth-order valence-corrected chi connectivity index (χ4v) is 4.04. The third kappa shape index (κ3) is 3.26. The number of nitrogens with one attached hydrogen (secondary N) is 1. The molecule has 0 spiro atoms. The molecule has 4 heteroatoms. The summed E-state index contributed by atoms with van der Waals surface area (Å²) in [6, 6.07) is 8.97. The lowest BCUT2D eigenvalue weighted by atomic mass is 9.92. The van der Waals surface area contributed by atoms with Gasteiger partial charge in [0.1, 0.15) is 6.04 Å². The Kier molecular flexibility index (Phi) is 4.17. The average Bonchev–Trinajstić information content (AvgIpc) is 3.05. The third-order valence-corrected chi connectivity index (χ3v) is 4.94. The summed E-state index contributed by atoms with van der Waals surface area (Å²) in [6.07, 6.45) is 3.34. The molecule has 1 aliphatic carbocycles. The summed E-state index contributed by atoms with van der Waals surface area (Å²) in [4.78, 5) is 27.6. The van der Waals surface area contributed by atoms with Crippen molar-refractivity contribution in [3.8, 4) is 0 Å². The maximum atomic E-state index is 12.9. The first-order valence-corrected chi connectivity index (χ1v) is 8.55. The van der Waals surface area contributed by atoms with Gasteiger partial charge in [0.05, 0.1) is 0 Å². The van der Waals surface area contributed by atoms with E-state index >= 15 is 0 Å². The number of amides is 2. The van der Waals surface area contributed by atoms with Gasteiger partial charge >= 0.3 is 0 Å². The molecule has 2 aliphatic rings. The molecule has 4 nitrogen and oxygen atoms in total. The van der Waals surface area contributed by atoms with Gasteiger partial charge in [-0.3, -0.25) is 9.59 Å². The first-order chi connectivity index (χ1) is 10.9. The van der Waals surface area contributed by atoms with Gasteiger partial charge in [-0.1, -0.05) is 24.6 Å². The van der Waals surface area contributed by atoms with Crippen molar-refractivity contribution in [1.82, 2.24) is 10.2 Å². The van der Waals surface area contributed by atoms with E-state index in [1.54, 1.807) is 0 Å². The van der Waals surface area contributed by atoms with Crippen LogP contribution in [0.4, 0.5) is 0 Å². The van der Waals surface area contributed by atoms with Crippen molar-refractivity contribution in [3.63, 3.8) is 0 Å². The summed E-state index contributed by atoms with van der Waals surface area (Å²) >= 11 is 0. The van der Waals surface area contributed by atoms with Gasteiger partial charge < -0.3 is 10.2 Å². The number of carbonyl (C=O) groups is 2. The molecule has 1 aliphatic heterocycles. The molecule has 0 radical (unpaired) electrons. The Bertz CT molecular complexity index is 591. The Morgan fingerprint density at radius 1 is 1.13 bits per heavy atom. The smallest absolute Gasteiger partial charge is 0.254 e. The van der Waals surface area contributed by atoms with Crippen LogP contribution in [-0.2, 0) is 4.79 Å². The quantitative estimate of drug-likeness (QED) is 0.912. The Balaban J connectivity index is 1.86. The summed E-state index contributed by atoms with van der Waals surface area (Å²) in [7, 11) is 0. The molecular weight excluding hydrogens is 288 g/mol. The molecule has 0 unspecified atom stereocenters. The van der Waals surface area contributed by atoms with Gasteiger partial charge in [0, 0.05) is 17.6 Å². The van der Waals surface area contributed by atoms with Crippen LogP contribution < -0.4 is 5.32 Å². The van der Waals surface area contributed by atoms with Crippen LogP contribution in [-0.4, -0.2) is 34.8 Å². The zero-order chi connectivity index (χ0) is 16.6. The van der Waals surface area contributed by atoms with Gasteiger partial charge in [-0.05, 0) is 57.6 Å². The van der Waals surface area contributed by atoms with E-state index < -0.39 is 0 Å². The molecule has 1 aromatic rings. The second-order valence-electron chi connectivity index (χ2n) is 7.86. The van der Waals surface area contributed by atoms with Crippen molar-refractivity contribution in [1.29, 1.82) is 0 Å². The second-order valence-corrected chi connectivity index (χ2v) is 7.86. The average molecular weight is 314 g/mol. The number of rotatable bonds is 2. The molecule has 1 heterocycles. The van der Waals surface area contributed by atoms with E-state index in [0.717, 1.165) is 12.8 Å². The van der Waals surface area contributed by atoms with Crippen molar-refractivity contribution >= 4 is 11.8 Å². The summed E-state index contributed by atoms with van der Waals surface area (Å²) in [5.74, 6) is 0.758. The monoisotopic (exact) mass is 314 g/mol. The number of fused-ring (bicyclic) bond motifs is 1. The van der Waals surface area contributed by atoms with Gasteiger partial charge in [0.15, 0.2) is 0 Å². The minimum absolute atomic E-state index is 0.00354. The zero-order valence-electron chi connectivity index (χ0n) is 14.2. The molecule has 1 N–H and O–H groups in total. The lowest BCUT2D eigenvalue weighted by Crippen LogP contribution is -2.53. The summed E-state index contributed by atoms with van der Waals surface area (Å²) in [6.45, 7) is 6.65. The third-order valence-electron chi connectivity index (χ3n) is 4.94. The largest absolute Gasteiger partial charge is 0.350 e. The molecule has 124 valence electrons. The van der Waals surface area contributed by atoms with Crippen molar-refractivity contribution in [2.75, 3.05) is 6.54 Å². The number of carbonyl (C=O) groups excluding carboxylic acids is 2. The predicted molar refractivity (Wildman–Crippen MR) is 90.0 cm³/mol. The van der Waals surface area contributed by atoms with E-state index in [2.05, 4.69) is 5.32 Å². The molecule has 2 fully saturated rings. The highest BCUT2D eigenvalue weighted by Gasteiger charge is 2.49. The Hall–Kier alpha value is -1.84. The van der Waals surface area contributed by atoms with E-state index in [9.17, 15) is 9.59 Å². The molecule has 3 rings (SSSR count). The van der Waals surface area contributed by atoms with Crippen LogP contribution in [0, 0.1) is 11.8 Å². The van der Waals surface area contributed by atoms with Crippen LogP contribution in [0.1, 0.15) is 50.4 Å². The minimum Gasteiger partial charge on any atom is -0.350 e. The van der Waals surface area contributed by atoms with Gasteiger partial charge in [0.2, 0.25) is 5.91 Å². The normalized spacial score (nSPS) is 26.9. The molecule has 3 atom stereocenters. The van der Waals surface area contributed by atoms with Crippen molar-refractivity contribution in [2.24, 2.45) is 11.8 Å². The van der Waals surface area contributed by atoms with E-state index in [-0.39, 0.29) is 23.4 Å². The molecular formula is C19H26N2O2. The van der Waals surface area contributed by atoms with Crippen LogP contribution in [0.25, 0.3) is 0 Å². The highest BCUT2D eigenvalue weighted by atomic mass is 16.2. The molecule has 1 aromatic carbocycles. The number of nitrogens with zero attached hydrogens (tertiary/aromatic N) is 1. The second kappa shape index (κ2) is 5.99. The number of benzene rings is 1. The molecule has 1 saturated carbocycles. The molecule has 0 aromatic heterocycles. The Labute approximate surface area is 138 Å². The number of hydrogen-bond donors (Lipinski definition) is 1. The molecule has 2 amide bonds. The van der Waals surface area contributed by atoms with Crippen LogP contribution in [0.15, 0.2) is 30.3 Å². The first kappa shape index (κ1) is 16.0. The Morgan fingerprint density at radius 2 is 1.83 bits per heavy atom. The van der Waals surface area contributed by atoms with Gasteiger partial charge in [-0.2, -0.15) is 0 Å². The van der Waals surface area contributed by atoms with E-state index in [1.807, 2.05) is 56.0 Å². The van der Waals surface area contributed by atoms with Crippen molar-refractivity contribution < 1.29 is 9.59 Å². The molecule has 0 bridgehead atoms.